The SMILES string of the molecule is CC(=O)N1CCC(Nc2cc(C(=O)N3CC[C@@H](N4CCc5ccccc5C4)[C@H](O)C3)nc(-c3ccsc3)n2)CC1. The molecule has 2 N–H and O–H groups in total. The Morgan fingerprint density at radius 2 is 1.77 bits per heavy atom. The van der Waals surface area contributed by atoms with Gasteiger partial charge in [0.15, 0.2) is 5.82 Å². The Morgan fingerprint density at radius 3 is 2.50 bits per heavy atom. The molecule has 2 aromatic heterocycles. The number of thiophene rings is 1. The molecule has 3 aliphatic rings. The molecule has 3 aromatic rings. The van der Waals surface area contributed by atoms with Crippen molar-refractivity contribution in [3.63, 3.8) is 0 Å². The van der Waals surface area contributed by atoms with E-state index in [0.29, 0.717) is 37.0 Å². The standard InChI is InChI=1S/C30H36N6O3S/c1-20(37)34-12-7-24(8-13-34)31-28-16-25(32-29(33-28)23-10-15-40-19-23)30(39)36-14-9-26(27(38)18-36)35-11-6-21-4-2-3-5-22(21)17-35/h2-5,10,15-16,19,24,26-27,38H,6-9,11-14,17-18H2,1H3,(H,31,32,33)/t26-,27-/m1/s1. The minimum Gasteiger partial charge on any atom is -0.390 e. The molecule has 0 radical (unpaired) electrons. The van der Waals surface area contributed by atoms with E-state index in [-0.39, 0.29) is 30.4 Å². The lowest BCUT2D eigenvalue weighted by atomic mass is 9.94. The van der Waals surface area contributed by atoms with Crippen LogP contribution in [-0.4, -0.2) is 92.5 Å². The minimum absolute atomic E-state index is 0.0299. The smallest absolute Gasteiger partial charge is 0.272 e. The van der Waals surface area contributed by atoms with Gasteiger partial charge in [-0.1, -0.05) is 24.3 Å². The van der Waals surface area contributed by atoms with Gasteiger partial charge in [0.25, 0.3) is 5.91 Å². The highest BCUT2D eigenvalue weighted by Gasteiger charge is 2.36. The molecule has 1 aromatic carbocycles. The average Bonchev–Trinajstić information content (AvgIpc) is 3.52. The first-order chi connectivity index (χ1) is 19.4. The van der Waals surface area contributed by atoms with Crippen molar-refractivity contribution in [1.82, 2.24) is 24.7 Å². The van der Waals surface area contributed by atoms with Crippen LogP contribution >= 0.6 is 11.3 Å². The second kappa shape index (κ2) is 11.6. The summed E-state index contributed by atoms with van der Waals surface area (Å²) in [6.07, 6.45) is 2.72. The lowest BCUT2D eigenvalue weighted by Gasteiger charge is -2.43. The van der Waals surface area contributed by atoms with Gasteiger partial charge in [-0.05, 0) is 48.3 Å². The van der Waals surface area contributed by atoms with E-state index in [2.05, 4.69) is 39.5 Å². The van der Waals surface area contributed by atoms with Gasteiger partial charge in [-0.2, -0.15) is 11.3 Å². The summed E-state index contributed by atoms with van der Waals surface area (Å²) < 4.78 is 0. The molecule has 9 nitrogen and oxygen atoms in total. The summed E-state index contributed by atoms with van der Waals surface area (Å²) in [6.45, 7) is 5.63. The molecule has 0 unspecified atom stereocenters. The van der Waals surface area contributed by atoms with Gasteiger partial charge < -0.3 is 20.2 Å². The second-order valence-electron chi connectivity index (χ2n) is 11.1. The number of rotatable bonds is 5. The maximum Gasteiger partial charge on any atom is 0.272 e. The van der Waals surface area contributed by atoms with Crippen molar-refractivity contribution in [3.8, 4) is 11.4 Å². The number of carbonyl (C=O) groups excluding carboxylic acids is 2. The maximum absolute atomic E-state index is 13.7. The normalized spacial score (nSPS) is 22.1. The predicted molar refractivity (Wildman–Crippen MR) is 155 cm³/mol. The number of hydrogen-bond acceptors (Lipinski definition) is 8. The van der Waals surface area contributed by atoms with Crippen LogP contribution in [0.1, 0.15) is 47.8 Å². The highest BCUT2D eigenvalue weighted by Crippen LogP contribution is 2.27. The molecule has 210 valence electrons. The first-order valence-corrected chi connectivity index (χ1v) is 15.1. The average molecular weight is 561 g/mol. The van der Waals surface area contributed by atoms with E-state index in [9.17, 15) is 14.7 Å². The summed E-state index contributed by atoms with van der Waals surface area (Å²) >= 11 is 1.56. The van der Waals surface area contributed by atoms with Gasteiger partial charge in [0.1, 0.15) is 11.5 Å². The molecule has 0 saturated carbocycles. The Balaban J connectivity index is 1.15. The minimum atomic E-state index is -0.620. The predicted octanol–water partition coefficient (Wildman–Crippen LogP) is 3.26. The Morgan fingerprint density at radius 1 is 1.00 bits per heavy atom. The summed E-state index contributed by atoms with van der Waals surface area (Å²) in [6, 6.07) is 12.4. The van der Waals surface area contributed by atoms with Crippen molar-refractivity contribution >= 4 is 29.0 Å². The number of nitrogens with zero attached hydrogens (tertiary/aromatic N) is 5. The van der Waals surface area contributed by atoms with Gasteiger partial charge in [-0.25, -0.2) is 9.97 Å². The zero-order chi connectivity index (χ0) is 27.6. The summed E-state index contributed by atoms with van der Waals surface area (Å²) in [5, 5.41) is 18.6. The van der Waals surface area contributed by atoms with Crippen LogP contribution in [0, 0.1) is 0 Å². The fraction of sp³-hybridized carbons (Fsp3) is 0.467. The third-order valence-electron chi connectivity index (χ3n) is 8.48. The molecule has 2 atom stereocenters. The lowest BCUT2D eigenvalue weighted by molar-refractivity contribution is -0.129. The molecule has 5 heterocycles. The highest BCUT2D eigenvalue weighted by molar-refractivity contribution is 7.08. The highest BCUT2D eigenvalue weighted by atomic mass is 32.1. The fourth-order valence-corrected chi connectivity index (χ4v) is 6.83. The largest absolute Gasteiger partial charge is 0.390 e. The van der Waals surface area contributed by atoms with Crippen LogP contribution in [0.2, 0.25) is 0 Å². The van der Waals surface area contributed by atoms with Crippen LogP contribution in [0.15, 0.2) is 47.2 Å². The fourth-order valence-electron chi connectivity index (χ4n) is 6.19. The number of carbonyl (C=O) groups is 2. The monoisotopic (exact) mass is 560 g/mol. The number of aliphatic hydroxyl groups is 1. The maximum atomic E-state index is 13.7. The topological polar surface area (TPSA) is 102 Å². The van der Waals surface area contributed by atoms with E-state index in [0.717, 1.165) is 44.3 Å². The molecule has 2 saturated heterocycles. The number of benzene rings is 1. The summed E-state index contributed by atoms with van der Waals surface area (Å²) in [4.78, 5) is 40.8. The number of likely N-dealkylation sites (tertiary alicyclic amines) is 2. The lowest BCUT2D eigenvalue weighted by Crippen LogP contribution is -2.56. The molecule has 3 aliphatic heterocycles. The van der Waals surface area contributed by atoms with E-state index in [1.165, 1.54) is 11.1 Å². The van der Waals surface area contributed by atoms with E-state index in [1.54, 1.807) is 29.2 Å². The molecule has 0 spiro atoms. The molecular weight excluding hydrogens is 524 g/mol. The Hall–Kier alpha value is -3.34. The van der Waals surface area contributed by atoms with Crippen LogP contribution in [-0.2, 0) is 17.8 Å². The number of nitrogens with one attached hydrogen (secondary N) is 1. The van der Waals surface area contributed by atoms with Crippen LogP contribution in [0.5, 0.6) is 0 Å². The molecule has 6 rings (SSSR count). The second-order valence-corrected chi connectivity index (χ2v) is 11.8. The van der Waals surface area contributed by atoms with Gasteiger partial charge in [-0.15, -0.1) is 0 Å². The van der Waals surface area contributed by atoms with Gasteiger partial charge in [0, 0.05) is 75.3 Å². The van der Waals surface area contributed by atoms with Gasteiger partial charge in [0.05, 0.1) is 6.10 Å². The van der Waals surface area contributed by atoms with Crippen LogP contribution in [0.4, 0.5) is 5.82 Å². The van der Waals surface area contributed by atoms with E-state index >= 15 is 0 Å². The third-order valence-corrected chi connectivity index (χ3v) is 9.16. The van der Waals surface area contributed by atoms with Crippen LogP contribution in [0.25, 0.3) is 11.4 Å². The number of fused-ring (bicyclic) bond motifs is 1. The molecule has 0 bridgehead atoms. The van der Waals surface area contributed by atoms with Crippen molar-refractivity contribution in [2.45, 2.75) is 57.3 Å². The number of amides is 2. The molecular formula is C30H36N6O3S. The van der Waals surface area contributed by atoms with Crippen molar-refractivity contribution in [1.29, 1.82) is 0 Å². The number of piperidine rings is 2. The van der Waals surface area contributed by atoms with Crippen molar-refractivity contribution in [2.75, 3.05) is 38.0 Å². The van der Waals surface area contributed by atoms with Crippen LogP contribution in [0.3, 0.4) is 0 Å². The number of anilines is 1. The number of aliphatic hydroxyl groups excluding tert-OH is 1. The zero-order valence-electron chi connectivity index (χ0n) is 22.8. The Labute approximate surface area is 238 Å². The molecule has 40 heavy (non-hydrogen) atoms. The van der Waals surface area contributed by atoms with Crippen molar-refractivity contribution < 1.29 is 14.7 Å². The summed E-state index contributed by atoms with van der Waals surface area (Å²) in [5.74, 6) is 1.04. The quantitative estimate of drug-likeness (QED) is 0.494. The third kappa shape index (κ3) is 5.75. The van der Waals surface area contributed by atoms with E-state index < -0.39 is 6.10 Å². The first-order valence-electron chi connectivity index (χ1n) is 14.2. The number of hydrogen-bond donors (Lipinski definition) is 2. The Kier molecular flexibility index (Phi) is 7.82. The van der Waals surface area contributed by atoms with Gasteiger partial charge in [0.2, 0.25) is 5.91 Å². The number of aromatic nitrogens is 2. The van der Waals surface area contributed by atoms with Crippen LogP contribution < -0.4 is 5.32 Å². The molecule has 2 amide bonds. The molecule has 2 fully saturated rings. The zero-order valence-corrected chi connectivity index (χ0v) is 23.6. The molecule has 10 heteroatoms. The van der Waals surface area contributed by atoms with E-state index in [4.69, 9.17) is 4.98 Å². The summed E-state index contributed by atoms with van der Waals surface area (Å²) in [7, 11) is 0. The van der Waals surface area contributed by atoms with Crippen molar-refractivity contribution in [2.24, 2.45) is 0 Å². The van der Waals surface area contributed by atoms with Gasteiger partial charge >= 0.3 is 0 Å². The molecule has 0 aliphatic carbocycles. The number of β-amino-alcohol motifs (C(OH)–C–C–N with tert-alkyl or cyclic N) is 1. The summed E-state index contributed by atoms with van der Waals surface area (Å²) in [5.41, 5.74) is 3.92. The van der Waals surface area contributed by atoms with Gasteiger partial charge in [-0.3, -0.25) is 14.5 Å². The first kappa shape index (κ1) is 26.9. The van der Waals surface area contributed by atoms with E-state index in [1.807, 2.05) is 21.7 Å². The van der Waals surface area contributed by atoms with Crippen molar-refractivity contribution in [3.05, 3.63) is 64.0 Å². The Bertz CT molecular complexity index is 1360.